The SMILES string of the molecule is C=CCN(C(=O)c1ccc(Cl)cc1)c1ccccc1. The van der Waals surface area contributed by atoms with E-state index in [-0.39, 0.29) is 5.91 Å². The summed E-state index contributed by atoms with van der Waals surface area (Å²) in [6, 6.07) is 16.4. The molecule has 19 heavy (non-hydrogen) atoms. The third-order valence-electron chi connectivity index (χ3n) is 2.72. The average Bonchev–Trinajstić information content (AvgIpc) is 2.46. The monoisotopic (exact) mass is 271 g/mol. The van der Waals surface area contributed by atoms with Gasteiger partial charge in [0.15, 0.2) is 0 Å². The van der Waals surface area contributed by atoms with Crippen molar-refractivity contribution in [2.75, 3.05) is 11.4 Å². The molecule has 1 amide bonds. The number of benzene rings is 2. The van der Waals surface area contributed by atoms with Crippen LogP contribution in [0.5, 0.6) is 0 Å². The Kier molecular flexibility index (Phi) is 4.37. The minimum atomic E-state index is -0.0669. The van der Waals surface area contributed by atoms with Gasteiger partial charge in [0.2, 0.25) is 0 Å². The molecular formula is C16H14ClNO. The molecule has 0 bridgehead atoms. The van der Waals surface area contributed by atoms with Gasteiger partial charge in [-0.2, -0.15) is 0 Å². The average molecular weight is 272 g/mol. The molecular weight excluding hydrogens is 258 g/mol. The minimum absolute atomic E-state index is 0.0669. The zero-order valence-corrected chi connectivity index (χ0v) is 11.2. The highest BCUT2D eigenvalue weighted by atomic mass is 35.5. The van der Waals surface area contributed by atoms with Gasteiger partial charge in [-0.1, -0.05) is 35.9 Å². The van der Waals surface area contributed by atoms with Gasteiger partial charge >= 0.3 is 0 Å². The summed E-state index contributed by atoms with van der Waals surface area (Å²) in [6.45, 7) is 4.16. The second-order valence-electron chi connectivity index (χ2n) is 4.05. The van der Waals surface area contributed by atoms with Crippen molar-refractivity contribution >= 4 is 23.2 Å². The summed E-state index contributed by atoms with van der Waals surface area (Å²) in [7, 11) is 0. The lowest BCUT2D eigenvalue weighted by atomic mass is 10.2. The second-order valence-corrected chi connectivity index (χ2v) is 4.48. The maximum atomic E-state index is 12.5. The lowest BCUT2D eigenvalue weighted by Gasteiger charge is -2.21. The molecule has 0 N–H and O–H groups in total. The molecule has 0 unspecified atom stereocenters. The van der Waals surface area contributed by atoms with Crippen molar-refractivity contribution in [2.45, 2.75) is 0 Å². The fourth-order valence-electron chi connectivity index (χ4n) is 1.79. The van der Waals surface area contributed by atoms with Crippen LogP contribution in [0, 0.1) is 0 Å². The predicted octanol–water partition coefficient (Wildman–Crippen LogP) is 4.17. The zero-order valence-electron chi connectivity index (χ0n) is 10.4. The lowest BCUT2D eigenvalue weighted by Crippen LogP contribution is -2.30. The maximum absolute atomic E-state index is 12.5. The summed E-state index contributed by atoms with van der Waals surface area (Å²) in [4.78, 5) is 14.2. The summed E-state index contributed by atoms with van der Waals surface area (Å²) in [5, 5.41) is 0.617. The van der Waals surface area contributed by atoms with Gasteiger partial charge in [-0.15, -0.1) is 6.58 Å². The third kappa shape index (κ3) is 3.24. The molecule has 0 aliphatic rings. The minimum Gasteiger partial charge on any atom is -0.305 e. The Labute approximate surface area is 117 Å². The first-order valence-electron chi connectivity index (χ1n) is 5.96. The molecule has 0 radical (unpaired) electrons. The van der Waals surface area contributed by atoms with Crippen LogP contribution in [0.15, 0.2) is 67.3 Å². The summed E-state index contributed by atoms with van der Waals surface area (Å²) >= 11 is 5.83. The van der Waals surface area contributed by atoms with E-state index in [4.69, 9.17) is 11.6 Å². The van der Waals surface area contributed by atoms with Crippen LogP contribution >= 0.6 is 11.6 Å². The van der Waals surface area contributed by atoms with E-state index in [1.807, 2.05) is 30.3 Å². The van der Waals surface area contributed by atoms with Crippen molar-refractivity contribution in [1.29, 1.82) is 0 Å². The molecule has 2 aromatic carbocycles. The van der Waals surface area contributed by atoms with E-state index in [0.717, 1.165) is 5.69 Å². The molecule has 0 aliphatic carbocycles. The number of carbonyl (C=O) groups excluding carboxylic acids is 1. The normalized spacial score (nSPS) is 9.95. The molecule has 3 heteroatoms. The molecule has 2 nitrogen and oxygen atoms in total. The zero-order chi connectivity index (χ0) is 13.7. The number of nitrogens with zero attached hydrogens (tertiary/aromatic N) is 1. The van der Waals surface area contributed by atoms with E-state index < -0.39 is 0 Å². The van der Waals surface area contributed by atoms with Crippen molar-refractivity contribution < 1.29 is 4.79 Å². The van der Waals surface area contributed by atoms with Gasteiger partial charge in [0.1, 0.15) is 0 Å². The Morgan fingerprint density at radius 1 is 1.11 bits per heavy atom. The molecule has 0 fully saturated rings. The van der Waals surface area contributed by atoms with Gasteiger partial charge in [0.25, 0.3) is 5.91 Å². The van der Waals surface area contributed by atoms with Crippen molar-refractivity contribution in [1.82, 2.24) is 0 Å². The van der Waals surface area contributed by atoms with Gasteiger partial charge in [0.05, 0.1) is 0 Å². The molecule has 0 saturated heterocycles. The largest absolute Gasteiger partial charge is 0.305 e. The number of halogens is 1. The number of hydrogen-bond acceptors (Lipinski definition) is 1. The number of amides is 1. The quantitative estimate of drug-likeness (QED) is 0.764. The highest BCUT2D eigenvalue weighted by Gasteiger charge is 2.15. The molecule has 0 spiro atoms. The van der Waals surface area contributed by atoms with Gasteiger partial charge < -0.3 is 4.90 Å². The van der Waals surface area contributed by atoms with Gasteiger partial charge in [-0.3, -0.25) is 4.79 Å². The fraction of sp³-hybridized carbons (Fsp3) is 0.0625. The number of carbonyl (C=O) groups is 1. The Morgan fingerprint density at radius 2 is 1.74 bits per heavy atom. The van der Waals surface area contributed by atoms with Gasteiger partial charge in [-0.05, 0) is 36.4 Å². The van der Waals surface area contributed by atoms with Gasteiger partial charge in [0, 0.05) is 22.8 Å². The summed E-state index contributed by atoms with van der Waals surface area (Å²) in [5.74, 6) is -0.0669. The van der Waals surface area contributed by atoms with Crippen molar-refractivity contribution in [2.24, 2.45) is 0 Å². The fourth-order valence-corrected chi connectivity index (χ4v) is 1.92. The van der Waals surface area contributed by atoms with E-state index in [9.17, 15) is 4.79 Å². The molecule has 96 valence electrons. The number of para-hydroxylation sites is 1. The molecule has 2 aromatic rings. The first-order valence-corrected chi connectivity index (χ1v) is 6.33. The third-order valence-corrected chi connectivity index (χ3v) is 2.97. The predicted molar refractivity (Wildman–Crippen MR) is 79.8 cm³/mol. The van der Waals surface area contributed by atoms with Gasteiger partial charge in [-0.25, -0.2) is 0 Å². The molecule has 0 saturated carbocycles. The molecule has 0 aromatic heterocycles. The Morgan fingerprint density at radius 3 is 2.32 bits per heavy atom. The highest BCUT2D eigenvalue weighted by molar-refractivity contribution is 6.30. The topological polar surface area (TPSA) is 20.3 Å². The Hall–Kier alpha value is -2.06. The first kappa shape index (κ1) is 13.4. The molecule has 2 rings (SSSR count). The summed E-state index contributed by atoms with van der Waals surface area (Å²) < 4.78 is 0. The van der Waals surface area contributed by atoms with Crippen LogP contribution in [-0.4, -0.2) is 12.5 Å². The van der Waals surface area contributed by atoms with Crippen LogP contribution < -0.4 is 4.90 Å². The van der Waals surface area contributed by atoms with Crippen LogP contribution in [0.25, 0.3) is 0 Å². The van der Waals surface area contributed by atoms with Crippen molar-refractivity contribution in [3.05, 3.63) is 77.8 Å². The number of anilines is 1. The van der Waals surface area contributed by atoms with E-state index >= 15 is 0 Å². The van der Waals surface area contributed by atoms with Crippen LogP contribution in [0.1, 0.15) is 10.4 Å². The summed E-state index contributed by atoms with van der Waals surface area (Å²) in [5.41, 5.74) is 1.46. The van der Waals surface area contributed by atoms with Crippen LogP contribution in [0.4, 0.5) is 5.69 Å². The van der Waals surface area contributed by atoms with Crippen LogP contribution in [0.2, 0.25) is 5.02 Å². The summed E-state index contributed by atoms with van der Waals surface area (Å²) in [6.07, 6.45) is 1.71. The standard InChI is InChI=1S/C16H14ClNO/c1-2-12-18(15-6-4-3-5-7-15)16(19)13-8-10-14(17)11-9-13/h2-11H,1,12H2. The van der Waals surface area contributed by atoms with E-state index in [0.29, 0.717) is 17.1 Å². The van der Waals surface area contributed by atoms with E-state index in [2.05, 4.69) is 6.58 Å². The second kappa shape index (κ2) is 6.21. The Bertz CT molecular complexity index is 563. The Balaban J connectivity index is 2.31. The molecule has 0 atom stereocenters. The van der Waals surface area contributed by atoms with Crippen molar-refractivity contribution in [3.63, 3.8) is 0 Å². The van der Waals surface area contributed by atoms with Crippen molar-refractivity contribution in [3.8, 4) is 0 Å². The van der Waals surface area contributed by atoms with Crippen LogP contribution in [0.3, 0.4) is 0 Å². The molecule has 0 aliphatic heterocycles. The number of rotatable bonds is 4. The number of hydrogen-bond donors (Lipinski definition) is 0. The molecule has 0 heterocycles. The maximum Gasteiger partial charge on any atom is 0.258 e. The van der Waals surface area contributed by atoms with E-state index in [1.54, 1.807) is 35.2 Å². The smallest absolute Gasteiger partial charge is 0.258 e. The highest BCUT2D eigenvalue weighted by Crippen LogP contribution is 2.18. The first-order chi connectivity index (χ1) is 9.22. The van der Waals surface area contributed by atoms with E-state index in [1.165, 1.54) is 0 Å². The van der Waals surface area contributed by atoms with Crippen LogP contribution in [-0.2, 0) is 0 Å². The lowest BCUT2D eigenvalue weighted by molar-refractivity contribution is 0.0989.